The largest absolute Gasteiger partial charge is 0.444 e. The second kappa shape index (κ2) is 8.26. The Labute approximate surface area is 169 Å². The zero-order chi connectivity index (χ0) is 20.3. The van der Waals surface area contributed by atoms with Crippen molar-refractivity contribution in [2.75, 3.05) is 32.4 Å². The van der Waals surface area contributed by atoms with Gasteiger partial charge < -0.3 is 14.5 Å². The molecule has 0 spiro atoms. The molecular formula is C20H26N4O3S. The normalized spacial score (nSPS) is 14.9. The predicted molar refractivity (Wildman–Crippen MR) is 109 cm³/mol. The first-order valence-electron chi connectivity index (χ1n) is 9.24. The van der Waals surface area contributed by atoms with E-state index in [2.05, 4.69) is 4.98 Å². The Bertz CT molecular complexity index is 837. The van der Waals surface area contributed by atoms with Crippen LogP contribution in [0.5, 0.6) is 0 Å². The summed E-state index contributed by atoms with van der Waals surface area (Å²) >= 11 is 1.50. The molecule has 28 heavy (non-hydrogen) atoms. The molecular weight excluding hydrogens is 376 g/mol. The number of rotatable bonds is 3. The number of carbonyl (C=O) groups is 2. The summed E-state index contributed by atoms with van der Waals surface area (Å²) in [7, 11) is 0. The topological polar surface area (TPSA) is 67.7 Å². The number of imidazole rings is 1. The molecule has 0 unspecified atom stereocenters. The first-order chi connectivity index (χ1) is 13.3. The summed E-state index contributed by atoms with van der Waals surface area (Å²) in [5, 5.41) is 0.766. The van der Waals surface area contributed by atoms with Crippen LogP contribution in [0.2, 0.25) is 0 Å². The molecule has 0 atom stereocenters. The number of nitrogens with zero attached hydrogens (tertiary/aromatic N) is 4. The van der Waals surface area contributed by atoms with E-state index in [-0.39, 0.29) is 12.0 Å². The molecule has 150 valence electrons. The van der Waals surface area contributed by atoms with Gasteiger partial charge in [0, 0.05) is 31.9 Å². The van der Waals surface area contributed by atoms with Gasteiger partial charge in [0.2, 0.25) is 0 Å². The van der Waals surface area contributed by atoms with Crippen molar-refractivity contribution in [3.05, 3.63) is 42.2 Å². The van der Waals surface area contributed by atoms with Gasteiger partial charge in [0.25, 0.3) is 5.91 Å². The third-order valence-electron chi connectivity index (χ3n) is 4.36. The van der Waals surface area contributed by atoms with Crippen LogP contribution in [0, 0.1) is 0 Å². The number of benzene rings is 1. The van der Waals surface area contributed by atoms with Gasteiger partial charge >= 0.3 is 6.09 Å². The first kappa shape index (κ1) is 20.3. The maximum absolute atomic E-state index is 13.1. The Balaban J connectivity index is 1.73. The van der Waals surface area contributed by atoms with Crippen molar-refractivity contribution in [1.82, 2.24) is 19.4 Å². The van der Waals surface area contributed by atoms with Gasteiger partial charge in [-0.25, -0.2) is 9.78 Å². The number of thioether (sulfide) groups is 1. The monoisotopic (exact) mass is 402 g/mol. The average molecular weight is 403 g/mol. The molecule has 0 radical (unpaired) electrons. The van der Waals surface area contributed by atoms with Gasteiger partial charge in [-0.3, -0.25) is 9.36 Å². The number of carbonyl (C=O) groups excluding carboxylic acids is 2. The van der Waals surface area contributed by atoms with Crippen molar-refractivity contribution < 1.29 is 14.3 Å². The summed E-state index contributed by atoms with van der Waals surface area (Å²) in [6, 6.07) is 9.73. The number of para-hydroxylation sites is 1. The van der Waals surface area contributed by atoms with Gasteiger partial charge in [0.1, 0.15) is 11.3 Å². The van der Waals surface area contributed by atoms with E-state index in [1.807, 2.05) is 61.9 Å². The molecule has 0 N–H and O–H groups in total. The number of hydrogen-bond acceptors (Lipinski definition) is 5. The lowest BCUT2D eigenvalue weighted by atomic mass is 10.2. The first-order valence-corrected chi connectivity index (χ1v) is 10.5. The summed E-state index contributed by atoms with van der Waals surface area (Å²) in [4.78, 5) is 33.2. The Hall–Kier alpha value is -2.48. The van der Waals surface area contributed by atoms with Crippen molar-refractivity contribution >= 4 is 23.8 Å². The molecule has 8 heteroatoms. The van der Waals surface area contributed by atoms with Gasteiger partial charge in [0.05, 0.1) is 6.20 Å². The molecule has 1 aliphatic rings. The zero-order valence-corrected chi connectivity index (χ0v) is 17.5. The van der Waals surface area contributed by atoms with Crippen LogP contribution >= 0.6 is 11.8 Å². The van der Waals surface area contributed by atoms with E-state index in [1.165, 1.54) is 11.8 Å². The lowest BCUT2D eigenvalue weighted by Gasteiger charge is -2.35. The fraction of sp³-hybridized carbons (Fsp3) is 0.450. The maximum Gasteiger partial charge on any atom is 0.410 e. The van der Waals surface area contributed by atoms with E-state index in [0.717, 1.165) is 10.8 Å². The molecule has 1 aliphatic heterocycles. The van der Waals surface area contributed by atoms with Crippen molar-refractivity contribution in [3.63, 3.8) is 0 Å². The van der Waals surface area contributed by atoms with Crippen molar-refractivity contribution in [1.29, 1.82) is 0 Å². The highest BCUT2D eigenvalue weighted by Crippen LogP contribution is 2.23. The van der Waals surface area contributed by atoms with E-state index in [9.17, 15) is 9.59 Å². The molecule has 2 aromatic rings. The molecule has 3 rings (SSSR count). The molecule has 0 aliphatic carbocycles. The van der Waals surface area contributed by atoms with E-state index in [0.29, 0.717) is 31.9 Å². The third kappa shape index (κ3) is 4.49. The fourth-order valence-corrected chi connectivity index (χ4v) is 3.58. The van der Waals surface area contributed by atoms with Crippen LogP contribution in [-0.2, 0) is 4.74 Å². The van der Waals surface area contributed by atoms with Crippen LogP contribution in [0.3, 0.4) is 0 Å². The summed E-state index contributed by atoms with van der Waals surface area (Å²) in [5.41, 5.74) is 0.904. The minimum Gasteiger partial charge on any atom is -0.444 e. The summed E-state index contributed by atoms with van der Waals surface area (Å²) in [6.45, 7) is 7.38. The molecule has 1 aromatic heterocycles. The van der Waals surface area contributed by atoms with Crippen molar-refractivity contribution in [3.8, 4) is 5.69 Å². The van der Waals surface area contributed by atoms with E-state index in [4.69, 9.17) is 4.74 Å². The standard InChI is InChI=1S/C20H26N4O3S/c1-20(2,3)27-19(26)23-12-10-22(11-13-23)17(25)16-14-21-18(28-4)24(16)15-8-6-5-7-9-15/h5-9,14H,10-13H2,1-4H3. The van der Waals surface area contributed by atoms with Gasteiger partial charge in [-0.05, 0) is 39.2 Å². The van der Waals surface area contributed by atoms with Crippen LogP contribution in [0.25, 0.3) is 5.69 Å². The zero-order valence-electron chi connectivity index (χ0n) is 16.7. The number of hydrogen-bond donors (Lipinski definition) is 0. The fourth-order valence-electron chi connectivity index (χ4n) is 3.04. The second-order valence-corrected chi connectivity index (χ2v) is 8.33. The summed E-state index contributed by atoms with van der Waals surface area (Å²) < 4.78 is 7.30. The predicted octanol–water partition coefficient (Wildman–Crippen LogP) is 3.29. The van der Waals surface area contributed by atoms with Gasteiger partial charge in [-0.2, -0.15) is 0 Å². The van der Waals surface area contributed by atoms with Crippen molar-refractivity contribution in [2.45, 2.75) is 31.5 Å². The van der Waals surface area contributed by atoms with E-state index < -0.39 is 5.60 Å². The lowest BCUT2D eigenvalue weighted by molar-refractivity contribution is 0.0140. The summed E-state index contributed by atoms with van der Waals surface area (Å²) in [6.07, 6.45) is 3.23. The van der Waals surface area contributed by atoms with Gasteiger partial charge in [-0.15, -0.1) is 0 Å². The Kier molecular flexibility index (Phi) is 5.98. The smallest absolute Gasteiger partial charge is 0.410 e. The molecule has 1 saturated heterocycles. The highest BCUT2D eigenvalue weighted by Gasteiger charge is 2.30. The molecule has 1 fully saturated rings. The Morgan fingerprint density at radius 3 is 2.21 bits per heavy atom. The van der Waals surface area contributed by atoms with Crippen LogP contribution in [0.15, 0.2) is 41.7 Å². The molecule has 2 amide bonds. The SMILES string of the molecule is CSc1ncc(C(=O)N2CCN(C(=O)OC(C)(C)C)CC2)n1-c1ccccc1. The second-order valence-electron chi connectivity index (χ2n) is 7.56. The molecule has 0 bridgehead atoms. The quantitative estimate of drug-likeness (QED) is 0.737. The molecule has 7 nitrogen and oxygen atoms in total. The lowest BCUT2D eigenvalue weighted by Crippen LogP contribution is -2.51. The van der Waals surface area contributed by atoms with Crippen molar-refractivity contribution in [2.24, 2.45) is 0 Å². The number of ether oxygens (including phenoxy) is 1. The van der Waals surface area contributed by atoms with Crippen LogP contribution in [-0.4, -0.2) is 69.4 Å². The molecule has 2 heterocycles. The Morgan fingerprint density at radius 1 is 1.04 bits per heavy atom. The van der Waals surface area contributed by atoms with E-state index in [1.54, 1.807) is 16.0 Å². The van der Waals surface area contributed by atoms with Crippen LogP contribution in [0.4, 0.5) is 4.79 Å². The maximum atomic E-state index is 13.1. The number of aromatic nitrogens is 2. The Morgan fingerprint density at radius 2 is 1.64 bits per heavy atom. The van der Waals surface area contributed by atoms with E-state index >= 15 is 0 Å². The number of piperazine rings is 1. The minimum absolute atomic E-state index is 0.0829. The molecule has 1 aromatic carbocycles. The van der Waals surface area contributed by atoms with Crippen LogP contribution in [0.1, 0.15) is 31.3 Å². The molecule has 0 saturated carbocycles. The van der Waals surface area contributed by atoms with Gasteiger partial charge in [0.15, 0.2) is 5.16 Å². The highest BCUT2D eigenvalue weighted by molar-refractivity contribution is 7.98. The third-order valence-corrected chi connectivity index (χ3v) is 5.02. The summed E-state index contributed by atoms with van der Waals surface area (Å²) in [5.74, 6) is -0.0829. The highest BCUT2D eigenvalue weighted by atomic mass is 32.2. The number of amides is 2. The average Bonchev–Trinajstić information content (AvgIpc) is 3.11. The minimum atomic E-state index is -0.527. The van der Waals surface area contributed by atoms with Gasteiger partial charge in [-0.1, -0.05) is 30.0 Å². The van der Waals surface area contributed by atoms with Crippen LogP contribution < -0.4 is 0 Å².